The van der Waals surface area contributed by atoms with Gasteiger partial charge < -0.3 is 10.2 Å². The van der Waals surface area contributed by atoms with Gasteiger partial charge in [-0.15, -0.1) is 0 Å². The average molecular weight is 399 g/mol. The Labute approximate surface area is 176 Å². The van der Waals surface area contributed by atoms with Gasteiger partial charge in [-0.25, -0.2) is 4.79 Å². The Morgan fingerprint density at radius 1 is 0.733 bits per heavy atom. The largest absolute Gasteiger partial charge is 0.508 e. The molecule has 3 aromatic carbocycles. The van der Waals surface area contributed by atoms with Crippen LogP contribution in [0.2, 0.25) is 0 Å². The third-order valence-corrected chi connectivity index (χ3v) is 8.04. The molecule has 0 aliphatic heterocycles. The molecule has 30 heavy (non-hydrogen) atoms. The van der Waals surface area contributed by atoms with Gasteiger partial charge in [-0.05, 0) is 119 Å². The number of phenols is 1. The fourth-order valence-corrected chi connectivity index (χ4v) is 6.99. The Hall–Kier alpha value is -2.81. The summed E-state index contributed by atoms with van der Waals surface area (Å²) in [5.74, 6) is 3.36. The van der Waals surface area contributed by atoms with Crippen LogP contribution in [0.3, 0.4) is 0 Å². The highest BCUT2D eigenvalue weighted by Gasteiger charge is 2.49. The van der Waals surface area contributed by atoms with Gasteiger partial charge in [-0.2, -0.15) is 0 Å². The van der Waals surface area contributed by atoms with Crippen LogP contribution < -0.4 is 0 Å². The van der Waals surface area contributed by atoms with Gasteiger partial charge in [0.25, 0.3) is 0 Å². The molecule has 0 spiro atoms. The van der Waals surface area contributed by atoms with Crippen LogP contribution in [0.15, 0.2) is 54.6 Å². The molecule has 4 aliphatic rings. The lowest BCUT2D eigenvalue weighted by atomic mass is 9.50. The van der Waals surface area contributed by atoms with E-state index < -0.39 is 5.97 Å². The van der Waals surface area contributed by atoms with E-state index in [0.29, 0.717) is 17.2 Å². The van der Waals surface area contributed by atoms with E-state index in [1.54, 1.807) is 12.1 Å². The zero-order valence-corrected chi connectivity index (χ0v) is 16.9. The van der Waals surface area contributed by atoms with Crippen molar-refractivity contribution in [3.8, 4) is 16.9 Å². The lowest BCUT2D eigenvalue weighted by Gasteiger charge is -2.54. The van der Waals surface area contributed by atoms with Crippen LogP contribution in [0, 0.1) is 23.7 Å². The minimum atomic E-state index is -0.907. The molecule has 2 N–H and O–H groups in total. The van der Waals surface area contributed by atoms with Crippen LogP contribution in [-0.2, 0) is 0 Å². The first-order valence-corrected chi connectivity index (χ1v) is 11.2. The van der Waals surface area contributed by atoms with Crippen molar-refractivity contribution in [1.82, 2.24) is 0 Å². The smallest absolute Gasteiger partial charge is 0.335 e. The molecular formula is C27H26O3. The van der Waals surface area contributed by atoms with Gasteiger partial charge in [0.2, 0.25) is 0 Å². The lowest BCUT2D eigenvalue weighted by Crippen LogP contribution is -2.43. The van der Waals surface area contributed by atoms with Crippen LogP contribution in [0.1, 0.15) is 53.9 Å². The van der Waals surface area contributed by atoms with Gasteiger partial charge in [0.05, 0.1) is 5.56 Å². The summed E-state index contributed by atoms with van der Waals surface area (Å²) in [6.45, 7) is 0. The van der Waals surface area contributed by atoms with Crippen LogP contribution >= 0.6 is 0 Å². The molecule has 0 unspecified atom stereocenters. The Bertz CT molecular complexity index is 1120. The number of hydrogen-bond acceptors (Lipinski definition) is 2. The third-order valence-electron chi connectivity index (χ3n) is 8.04. The number of hydrogen-bond donors (Lipinski definition) is 2. The van der Waals surface area contributed by atoms with Gasteiger partial charge in [0.15, 0.2) is 0 Å². The molecule has 152 valence electrons. The molecule has 3 aromatic rings. The monoisotopic (exact) mass is 398 g/mol. The van der Waals surface area contributed by atoms with Crippen molar-refractivity contribution in [3.05, 3.63) is 65.7 Å². The number of aromatic hydroxyl groups is 1. The molecule has 0 atom stereocenters. The van der Waals surface area contributed by atoms with Crippen molar-refractivity contribution in [3.63, 3.8) is 0 Å². The molecule has 0 aromatic heterocycles. The maximum atomic E-state index is 11.1. The number of carboxylic acid groups (broad SMARTS) is 1. The van der Waals surface area contributed by atoms with Gasteiger partial charge in [-0.3, -0.25) is 0 Å². The Morgan fingerprint density at radius 3 is 2.00 bits per heavy atom. The van der Waals surface area contributed by atoms with Crippen LogP contribution in [-0.4, -0.2) is 16.2 Å². The SMILES string of the molecule is O=C(O)c1ccc(-c2ccc3cc(O)c(C4C5CC6CC(C5)CC4C6)cc3c2)cc1. The maximum absolute atomic E-state index is 11.1. The molecule has 0 amide bonds. The lowest BCUT2D eigenvalue weighted by molar-refractivity contribution is -0.00342. The normalized spacial score (nSPS) is 29.4. The van der Waals surface area contributed by atoms with E-state index in [2.05, 4.69) is 18.2 Å². The van der Waals surface area contributed by atoms with Crippen molar-refractivity contribution in [2.24, 2.45) is 23.7 Å². The minimum Gasteiger partial charge on any atom is -0.508 e. The van der Waals surface area contributed by atoms with Gasteiger partial charge in [0, 0.05) is 0 Å². The Morgan fingerprint density at radius 2 is 1.37 bits per heavy atom. The van der Waals surface area contributed by atoms with E-state index in [1.165, 1.54) is 32.1 Å². The van der Waals surface area contributed by atoms with E-state index in [0.717, 1.165) is 51.1 Å². The summed E-state index contributed by atoms with van der Waals surface area (Å²) in [6.07, 6.45) is 6.79. The molecule has 3 heteroatoms. The second-order valence-electron chi connectivity index (χ2n) is 9.81. The van der Waals surface area contributed by atoms with E-state index in [-0.39, 0.29) is 0 Å². The van der Waals surface area contributed by atoms with E-state index in [9.17, 15) is 9.90 Å². The second kappa shape index (κ2) is 6.60. The average Bonchev–Trinajstić information content (AvgIpc) is 2.73. The van der Waals surface area contributed by atoms with Crippen molar-refractivity contribution in [2.45, 2.75) is 38.0 Å². The predicted octanol–water partition coefficient (Wildman–Crippen LogP) is 6.45. The molecule has 3 nitrogen and oxygen atoms in total. The van der Waals surface area contributed by atoms with Crippen molar-refractivity contribution in [1.29, 1.82) is 0 Å². The molecule has 0 heterocycles. The van der Waals surface area contributed by atoms with Crippen LogP contribution in [0.25, 0.3) is 21.9 Å². The van der Waals surface area contributed by atoms with Crippen LogP contribution in [0.4, 0.5) is 0 Å². The van der Waals surface area contributed by atoms with E-state index in [1.807, 2.05) is 24.3 Å². The molecule has 4 fully saturated rings. The summed E-state index contributed by atoms with van der Waals surface area (Å²) in [6, 6.07) is 17.5. The number of fused-ring (bicyclic) bond motifs is 1. The molecule has 4 aliphatic carbocycles. The zero-order valence-electron chi connectivity index (χ0n) is 16.9. The number of carbonyl (C=O) groups is 1. The molecule has 0 saturated heterocycles. The molecule has 0 radical (unpaired) electrons. The number of carboxylic acids is 1. The number of benzene rings is 3. The minimum absolute atomic E-state index is 0.300. The predicted molar refractivity (Wildman–Crippen MR) is 118 cm³/mol. The molecular weight excluding hydrogens is 372 g/mol. The van der Waals surface area contributed by atoms with Crippen LogP contribution in [0.5, 0.6) is 5.75 Å². The fraction of sp³-hybridized carbons (Fsp3) is 0.370. The maximum Gasteiger partial charge on any atom is 0.335 e. The summed E-state index contributed by atoms with van der Waals surface area (Å²) < 4.78 is 0. The zero-order chi connectivity index (χ0) is 20.4. The van der Waals surface area contributed by atoms with Crippen molar-refractivity contribution >= 4 is 16.7 Å². The second-order valence-corrected chi connectivity index (χ2v) is 9.81. The standard InChI is InChI=1S/C27H26O3/c28-25-14-20-6-5-19(17-1-3-18(4-2-17)27(29)30)12-21(20)13-24(25)26-22-8-15-7-16(10-22)11-23(26)9-15/h1-6,12-16,22-23,26,28H,7-11H2,(H,29,30). The van der Waals surface area contributed by atoms with E-state index in [4.69, 9.17) is 5.11 Å². The van der Waals surface area contributed by atoms with Gasteiger partial charge in [0.1, 0.15) is 5.75 Å². The number of aromatic carboxylic acids is 1. The fourth-order valence-electron chi connectivity index (χ4n) is 6.99. The van der Waals surface area contributed by atoms with E-state index >= 15 is 0 Å². The topological polar surface area (TPSA) is 57.5 Å². The summed E-state index contributed by atoms with van der Waals surface area (Å²) in [5, 5.41) is 22.2. The first-order valence-electron chi connectivity index (χ1n) is 11.2. The quantitative estimate of drug-likeness (QED) is 0.533. The first-order chi connectivity index (χ1) is 14.5. The highest BCUT2D eigenvalue weighted by atomic mass is 16.4. The summed E-state index contributed by atoms with van der Waals surface area (Å²) in [7, 11) is 0. The first kappa shape index (κ1) is 18.0. The highest BCUT2D eigenvalue weighted by Crippen LogP contribution is 2.60. The van der Waals surface area contributed by atoms with Gasteiger partial charge in [-0.1, -0.05) is 24.3 Å². The Kier molecular flexibility index (Phi) is 3.96. The number of rotatable bonds is 3. The summed E-state index contributed by atoms with van der Waals surface area (Å²) in [4.78, 5) is 11.1. The highest BCUT2D eigenvalue weighted by molar-refractivity contribution is 5.91. The number of phenolic OH excluding ortho intramolecular Hbond substituents is 1. The third kappa shape index (κ3) is 2.83. The molecule has 7 rings (SSSR count). The van der Waals surface area contributed by atoms with Crippen molar-refractivity contribution in [2.75, 3.05) is 0 Å². The molecule has 4 bridgehead atoms. The summed E-state index contributed by atoms with van der Waals surface area (Å²) in [5.41, 5.74) is 3.52. The van der Waals surface area contributed by atoms with Gasteiger partial charge >= 0.3 is 5.97 Å². The van der Waals surface area contributed by atoms with Crippen molar-refractivity contribution < 1.29 is 15.0 Å². The Balaban J connectivity index is 1.39. The molecule has 4 saturated carbocycles. The summed E-state index contributed by atoms with van der Waals surface area (Å²) >= 11 is 0.